The molecule has 0 bridgehead atoms. The molecule has 2 rings (SSSR count). The van der Waals surface area contributed by atoms with Crippen LogP contribution in [0, 0.1) is 0 Å². The molecule has 1 fully saturated rings. The number of aromatic nitrogens is 3. The number of morpholine rings is 1. The van der Waals surface area contributed by atoms with Crippen LogP contribution in [0.25, 0.3) is 0 Å². The summed E-state index contributed by atoms with van der Waals surface area (Å²) in [6, 6.07) is -0.887. The molecule has 1 saturated heterocycles. The smallest absolute Gasteiger partial charge is 0.328 e. The molecule has 1 atom stereocenters. The highest BCUT2D eigenvalue weighted by Gasteiger charge is 2.32. The predicted molar refractivity (Wildman–Crippen MR) is 58.6 cm³/mol. The van der Waals surface area contributed by atoms with Crippen LogP contribution in [0.2, 0.25) is 0 Å². The second kappa shape index (κ2) is 5.58. The Labute approximate surface area is 103 Å². The Bertz CT molecular complexity index is 420. The van der Waals surface area contributed by atoms with Gasteiger partial charge in [-0.15, -0.1) is 5.10 Å². The number of carboxylic acid groups (broad SMARTS) is 1. The molecule has 0 radical (unpaired) electrons. The van der Waals surface area contributed by atoms with E-state index in [1.165, 1.54) is 15.8 Å². The van der Waals surface area contributed by atoms with Crippen LogP contribution < -0.4 is 0 Å². The van der Waals surface area contributed by atoms with E-state index in [1.54, 1.807) is 6.20 Å². The van der Waals surface area contributed by atoms with Gasteiger partial charge in [0.05, 0.1) is 26.0 Å². The first-order chi connectivity index (χ1) is 8.68. The van der Waals surface area contributed by atoms with E-state index < -0.39 is 12.0 Å². The predicted octanol–water partition coefficient (Wildman–Crippen LogP) is -1.02. The van der Waals surface area contributed by atoms with Crippen LogP contribution in [0.1, 0.15) is 6.42 Å². The molecule has 98 valence electrons. The van der Waals surface area contributed by atoms with Crippen molar-refractivity contribution in [1.82, 2.24) is 19.9 Å². The van der Waals surface area contributed by atoms with Gasteiger partial charge < -0.3 is 14.7 Å². The first kappa shape index (κ1) is 12.5. The number of carbonyl (C=O) groups is 2. The number of hydrogen-bond donors (Lipinski definition) is 1. The molecule has 0 aliphatic carbocycles. The lowest BCUT2D eigenvalue weighted by Gasteiger charge is -2.32. The fourth-order valence-corrected chi connectivity index (χ4v) is 1.81. The topological polar surface area (TPSA) is 97.6 Å². The molecule has 0 spiro atoms. The van der Waals surface area contributed by atoms with E-state index in [9.17, 15) is 9.59 Å². The largest absolute Gasteiger partial charge is 0.480 e. The molecule has 1 amide bonds. The standard InChI is InChI=1S/C10H14N4O4/c15-9(1-3-13-4-2-11-12-13)14-5-6-18-7-8(14)10(16)17/h2,4,8H,1,3,5-7H2,(H,16,17). The minimum Gasteiger partial charge on any atom is -0.480 e. The van der Waals surface area contributed by atoms with Crippen molar-refractivity contribution < 1.29 is 19.4 Å². The maximum absolute atomic E-state index is 12.0. The van der Waals surface area contributed by atoms with Crippen LogP contribution in [0.15, 0.2) is 12.4 Å². The second-order valence-electron chi connectivity index (χ2n) is 3.93. The Kier molecular flexibility index (Phi) is 3.88. The summed E-state index contributed by atoms with van der Waals surface area (Å²) < 4.78 is 6.61. The first-order valence-corrected chi connectivity index (χ1v) is 5.62. The Balaban J connectivity index is 1.92. The molecule has 1 N–H and O–H groups in total. The maximum Gasteiger partial charge on any atom is 0.328 e. The Morgan fingerprint density at radius 3 is 3.00 bits per heavy atom. The molecule has 1 aliphatic rings. The fourth-order valence-electron chi connectivity index (χ4n) is 1.81. The van der Waals surface area contributed by atoms with E-state index in [0.29, 0.717) is 19.7 Å². The number of carbonyl (C=O) groups excluding carboxylic acids is 1. The van der Waals surface area contributed by atoms with Gasteiger partial charge in [0.1, 0.15) is 0 Å². The van der Waals surface area contributed by atoms with Crippen LogP contribution >= 0.6 is 0 Å². The Hall–Kier alpha value is -1.96. The summed E-state index contributed by atoms with van der Waals surface area (Å²) >= 11 is 0. The third kappa shape index (κ3) is 2.83. The Morgan fingerprint density at radius 1 is 1.50 bits per heavy atom. The molecule has 8 nitrogen and oxygen atoms in total. The van der Waals surface area contributed by atoms with Crippen LogP contribution in [0.3, 0.4) is 0 Å². The number of aryl methyl sites for hydroxylation is 1. The number of carboxylic acids is 1. The maximum atomic E-state index is 12.0. The van der Waals surface area contributed by atoms with Crippen molar-refractivity contribution in [3.05, 3.63) is 12.4 Å². The first-order valence-electron chi connectivity index (χ1n) is 5.62. The lowest BCUT2D eigenvalue weighted by atomic mass is 10.2. The number of aliphatic carboxylic acids is 1. The molecule has 1 aromatic heterocycles. The van der Waals surface area contributed by atoms with Crippen LogP contribution in [-0.4, -0.2) is 62.7 Å². The summed E-state index contributed by atoms with van der Waals surface area (Å²) in [5.74, 6) is -1.25. The third-order valence-corrected chi connectivity index (χ3v) is 2.76. The highest BCUT2D eigenvalue weighted by molar-refractivity contribution is 5.83. The second-order valence-corrected chi connectivity index (χ2v) is 3.93. The average molecular weight is 254 g/mol. The summed E-state index contributed by atoms with van der Waals surface area (Å²) in [4.78, 5) is 24.3. The van der Waals surface area contributed by atoms with Gasteiger partial charge in [0.2, 0.25) is 5.91 Å². The lowest BCUT2D eigenvalue weighted by Crippen LogP contribution is -2.52. The fraction of sp³-hybridized carbons (Fsp3) is 0.600. The van der Waals surface area contributed by atoms with Crippen molar-refractivity contribution in [2.45, 2.75) is 19.0 Å². The molecular formula is C10H14N4O4. The van der Waals surface area contributed by atoms with E-state index >= 15 is 0 Å². The highest BCUT2D eigenvalue weighted by Crippen LogP contribution is 2.09. The zero-order valence-corrected chi connectivity index (χ0v) is 9.73. The lowest BCUT2D eigenvalue weighted by molar-refractivity contribution is -0.158. The molecule has 1 aromatic rings. The van der Waals surface area contributed by atoms with Gasteiger partial charge >= 0.3 is 5.97 Å². The number of ether oxygens (including phenoxy) is 1. The van der Waals surface area contributed by atoms with Gasteiger partial charge in [-0.05, 0) is 0 Å². The van der Waals surface area contributed by atoms with Crippen LogP contribution in [0.5, 0.6) is 0 Å². The zero-order chi connectivity index (χ0) is 13.0. The monoisotopic (exact) mass is 254 g/mol. The van der Waals surface area contributed by atoms with Crippen molar-refractivity contribution in [3.8, 4) is 0 Å². The quantitative estimate of drug-likeness (QED) is 0.738. The molecule has 1 aliphatic heterocycles. The van der Waals surface area contributed by atoms with Crippen molar-refractivity contribution in [3.63, 3.8) is 0 Å². The van der Waals surface area contributed by atoms with Gasteiger partial charge in [0.25, 0.3) is 0 Å². The van der Waals surface area contributed by atoms with E-state index in [0.717, 1.165) is 0 Å². The average Bonchev–Trinajstić information content (AvgIpc) is 2.89. The molecule has 0 saturated carbocycles. The number of rotatable bonds is 4. The summed E-state index contributed by atoms with van der Waals surface area (Å²) in [6.45, 7) is 1.12. The number of hydrogen-bond acceptors (Lipinski definition) is 5. The summed E-state index contributed by atoms with van der Waals surface area (Å²) in [7, 11) is 0. The van der Waals surface area contributed by atoms with Gasteiger partial charge in [-0.25, -0.2) is 4.79 Å². The van der Waals surface area contributed by atoms with Gasteiger partial charge in [0.15, 0.2) is 6.04 Å². The third-order valence-electron chi connectivity index (χ3n) is 2.76. The van der Waals surface area contributed by atoms with E-state index in [2.05, 4.69) is 10.3 Å². The summed E-state index contributed by atoms with van der Waals surface area (Å²) in [6.07, 6.45) is 3.38. The summed E-state index contributed by atoms with van der Waals surface area (Å²) in [5, 5.41) is 16.4. The summed E-state index contributed by atoms with van der Waals surface area (Å²) in [5.41, 5.74) is 0. The normalized spacial score (nSPS) is 19.8. The van der Waals surface area contributed by atoms with Gasteiger partial charge in [0, 0.05) is 19.2 Å². The molecule has 18 heavy (non-hydrogen) atoms. The Morgan fingerprint density at radius 2 is 2.33 bits per heavy atom. The molecular weight excluding hydrogens is 240 g/mol. The minimum atomic E-state index is -1.04. The van der Waals surface area contributed by atoms with Crippen molar-refractivity contribution in [2.75, 3.05) is 19.8 Å². The molecule has 0 aromatic carbocycles. The van der Waals surface area contributed by atoms with Crippen molar-refractivity contribution >= 4 is 11.9 Å². The highest BCUT2D eigenvalue weighted by atomic mass is 16.5. The molecule has 2 heterocycles. The van der Waals surface area contributed by atoms with Gasteiger partial charge in [-0.1, -0.05) is 5.21 Å². The molecule has 1 unspecified atom stereocenters. The molecule has 8 heteroatoms. The van der Waals surface area contributed by atoms with Crippen molar-refractivity contribution in [2.24, 2.45) is 0 Å². The zero-order valence-electron chi connectivity index (χ0n) is 9.73. The SMILES string of the molecule is O=C(O)C1COCCN1C(=O)CCn1ccnn1. The van der Waals surface area contributed by atoms with E-state index in [4.69, 9.17) is 9.84 Å². The van der Waals surface area contributed by atoms with Gasteiger partial charge in [-0.3, -0.25) is 9.48 Å². The van der Waals surface area contributed by atoms with Crippen LogP contribution in [0.4, 0.5) is 0 Å². The minimum absolute atomic E-state index is 0.0460. The van der Waals surface area contributed by atoms with E-state index in [-0.39, 0.29) is 18.9 Å². The van der Waals surface area contributed by atoms with Crippen LogP contribution in [-0.2, 0) is 20.9 Å². The number of amides is 1. The van der Waals surface area contributed by atoms with Crippen molar-refractivity contribution in [1.29, 1.82) is 0 Å². The number of nitrogens with zero attached hydrogens (tertiary/aromatic N) is 4. The van der Waals surface area contributed by atoms with Gasteiger partial charge in [-0.2, -0.15) is 0 Å². The van der Waals surface area contributed by atoms with E-state index in [1.807, 2.05) is 0 Å².